The van der Waals surface area contributed by atoms with Crippen molar-refractivity contribution < 1.29 is 48.7 Å². The first-order valence-corrected chi connectivity index (χ1v) is 16.2. The Bertz CT molecular complexity index is 1240. The van der Waals surface area contributed by atoms with Crippen LogP contribution in [-0.2, 0) is 33.3 Å². The van der Waals surface area contributed by atoms with Gasteiger partial charge in [-0.05, 0) is 82.0 Å². The van der Waals surface area contributed by atoms with Crippen LogP contribution in [0.25, 0.3) is 0 Å². The molecule has 3 fully saturated rings. The maximum Gasteiger partial charge on any atom is 0.309 e. The van der Waals surface area contributed by atoms with E-state index in [-0.39, 0.29) is 54.5 Å². The summed E-state index contributed by atoms with van der Waals surface area (Å²) in [7, 11) is 1.32. The SMILES string of the molecule is C=C(C)C1CC(OC(C)=O)C2(C)C3=CCC(C4COC(O)(C(C)(C)O)C(O)C4)C3(C)CCC2C1(C)C(CC(=O)OC)OC(C)=O. The summed E-state index contributed by atoms with van der Waals surface area (Å²) in [4.78, 5) is 37.8. The van der Waals surface area contributed by atoms with Crippen LogP contribution in [0.5, 0.6) is 0 Å². The molecule has 11 atom stereocenters. The zero-order valence-electron chi connectivity index (χ0n) is 28.5. The lowest BCUT2D eigenvalue weighted by Gasteiger charge is -2.66. The fourth-order valence-corrected chi connectivity index (χ4v) is 10.1. The molecule has 1 aliphatic heterocycles. The van der Waals surface area contributed by atoms with Crippen molar-refractivity contribution >= 4 is 17.9 Å². The molecule has 10 heteroatoms. The monoisotopic (exact) mass is 634 g/mol. The molecule has 0 amide bonds. The number of rotatable bonds is 8. The summed E-state index contributed by atoms with van der Waals surface area (Å²) >= 11 is 0. The molecule has 0 spiro atoms. The van der Waals surface area contributed by atoms with Gasteiger partial charge < -0.3 is 34.3 Å². The van der Waals surface area contributed by atoms with Crippen molar-refractivity contribution in [2.75, 3.05) is 13.7 Å². The summed E-state index contributed by atoms with van der Waals surface area (Å²) in [6.45, 7) is 18.5. The molecule has 3 N–H and O–H groups in total. The van der Waals surface area contributed by atoms with E-state index in [1.807, 2.05) is 6.92 Å². The molecular weight excluding hydrogens is 580 g/mol. The van der Waals surface area contributed by atoms with Gasteiger partial charge in [-0.15, -0.1) is 0 Å². The number of ether oxygens (including phenoxy) is 4. The first-order valence-electron chi connectivity index (χ1n) is 16.2. The number of aliphatic hydroxyl groups excluding tert-OH is 1. The van der Waals surface area contributed by atoms with Crippen LogP contribution in [0.15, 0.2) is 23.8 Å². The standard InChI is InChI=1S/C35H54O10/c1-19(2)24-16-28(44-20(3)36)34(9)25-12-11-23(22-15-27(38)35(41,43-18-22)31(5,6)40)32(25,7)14-13-26(34)33(24,8)29(45-21(4)37)17-30(39)42-10/h12,22-24,26-29,38,40-41H,1,11,13-18H2,2-10H3. The Morgan fingerprint density at radius 1 is 1.13 bits per heavy atom. The second-order valence-corrected chi connectivity index (χ2v) is 15.3. The summed E-state index contributed by atoms with van der Waals surface area (Å²) in [5.41, 5.74) is -1.41. The van der Waals surface area contributed by atoms with Crippen molar-refractivity contribution in [3.8, 4) is 0 Å². The average molecular weight is 635 g/mol. The Kier molecular flexibility index (Phi) is 9.54. The number of hydrogen-bond acceptors (Lipinski definition) is 10. The third kappa shape index (κ3) is 5.68. The molecule has 45 heavy (non-hydrogen) atoms. The van der Waals surface area contributed by atoms with Crippen LogP contribution in [0.1, 0.15) is 93.9 Å². The van der Waals surface area contributed by atoms with Crippen molar-refractivity contribution in [1.82, 2.24) is 0 Å². The molecular formula is C35H54O10. The lowest BCUT2D eigenvalue weighted by molar-refractivity contribution is -0.353. The van der Waals surface area contributed by atoms with Crippen molar-refractivity contribution in [2.24, 2.45) is 39.9 Å². The van der Waals surface area contributed by atoms with Crippen LogP contribution in [-0.4, -0.2) is 76.6 Å². The molecule has 10 nitrogen and oxygen atoms in total. The van der Waals surface area contributed by atoms with Gasteiger partial charge in [0.1, 0.15) is 23.9 Å². The number of hydrogen-bond donors (Lipinski definition) is 3. The van der Waals surface area contributed by atoms with Crippen LogP contribution < -0.4 is 0 Å². The van der Waals surface area contributed by atoms with E-state index in [9.17, 15) is 29.7 Å². The smallest absolute Gasteiger partial charge is 0.309 e. The van der Waals surface area contributed by atoms with Gasteiger partial charge in [0.15, 0.2) is 0 Å². The van der Waals surface area contributed by atoms with Crippen LogP contribution in [0.2, 0.25) is 0 Å². The number of fused-ring (bicyclic) bond motifs is 3. The van der Waals surface area contributed by atoms with Gasteiger partial charge in [-0.25, -0.2) is 0 Å². The minimum atomic E-state index is -2.07. The van der Waals surface area contributed by atoms with E-state index < -0.39 is 52.5 Å². The van der Waals surface area contributed by atoms with Crippen LogP contribution >= 0.6 is 0 Å². The molecule has 254 valence electrons. The molecule has 0 radical (unpaired) electrons. The van der Waals surface area contributed by atoms with Gasteiger partial charge in [-0.1, -0.05) is 44.6 Å². The van der Waals surface area contributed by atoms with Gasteiger partial charge in [0.25, 0.3) is 0 Å². The van der Waals surface area contributed by atoms with Crippen molar-refractivity contribution in [3.05, 3.63) is 23.8 Å². The Morgan fingerprint density at radius 3 is 2.29 bits per heavy atom. The fraction of sp³-hybridized carbons (Fsp3) is 0.800. The van der Waals surface area contributed by atoms with Crippen molar-refractivity contribution in [1.29, 1.82) is 0 Å². The van der Waals surface area contributed by atoms with E-state index in [2.05, 4.69) is 33.4 Å². The van der Waals surface area contributed by atoms with Crippen LogP contribution in [0, 0.1) is 39.9 Å². The van der Waals surface area contributed by atoms with Gasteiger partial charge in [0.2, 0.25) is 5.79 Å². The fourth-order valence-electron chi connectivity index (χ4n) is 10.1. The Labute approximate surface area is 267 Å². The molecule has 0 bridgehead atoms. The molecule has 2 saturated carbocycles. The summed E-state index contributed by atoms with van der Waals surface area (Å²) in [5, 5.41) is 32.6. The molecule has 1 heterocycles. The van der Waals surface area contributed by atoms with E-state index in [1.54, 1.807) is 0 Å². The van der Waals surface area contributed by atoms with Gasteiger partial charge in [0, 0.05) is 24.7 Å². The Hall–Kier alpha value is -2.27. The number of esters is 3. The number of carbonyl (C=O) groups is 3. The molecule has 0 aromatic heterocycles. The van der Waals surface area contributed by atoms with Crippen LogP contribution in [0.3, 0.4) is 0 Å². The zero-order chi connectivity index (χ0) is 33.9. The predicted octanol–water partition coefficient (Wildman–Crippen LogP) is 4.24. The Morgan fingerprint density at radius 2 is 1.78 bits per heavy atom. The van der Waals surface area contributed by atoms with Gasteiger partial charge in [0.05, 0.1) is 20.1 Å². The largest absolute Gasteiger partial charge is 0.469 e. The second-order valence-electron chi connectivity index (χ2n) is 15.3. The molecule has 0 aromatic carbocycles. The molecule has 4 rings (SSSR count). The predicted molar refractivity (Wildman–Crippen MR) is 165 cm³/mol. The normalized spacial score (nSPS) is 42.0. The van der Waals surface area contributed by atoms with Gasteiger partial charge >= 0.3 is 17.9 Å². The number of allylic oxidation sites excluding steroid dienone is 2. The minimum Gasteiger partial charge on any atom is -0.469 e. The quantitative estimate of drug-likeness (QED) is 0.201. The third-order valence-electron chi connectivity index (χ3n) is 12.3. The zero-order valence-corrected chi connectivity index (χ0v) is 28.5. The minimum absolute atomic E-state index is 0.0636. The first kappa shape index (κ1) is 35.6. The van der Waals surface area contributed by atoms with E-state index in [1.165, 1.54) is 34.8 Å². The van der Waals surface area contributed by atoms with E-state index >= 15 is 0 Å². The molecule has 3 aliphatic carbocycles. The summed E-state index contributed by atoms with van der Waals surface area (Å²) in [5.74, 6) is -3.84. The lowest BCUT2D eigenvalue weighted by atomic mass is 9.40. The highest BCUT2D eigenvalue weighted by molar-refractivity contribution is 5.71. The first-order chi connectivity index (χ1) is 20.7. The number of carbonyl (C=O) groups excluding carboxylic acids is 3. The highest BCUT2D eigenvalue weighted by Gasteiger charge is 2.69. The summed E-state index contributed by atoms with van der Waals surface area (Å²) in [6, 6.07) is 0. The summed E-state index contributed by atoms with van der Waals surface area (Å²) in [6.07, 6.45) is 2.45. The molecule has 11 unspecified atom stereocenters. The van der Waals surface area contributed by atoms with Crippen molar-refractivity contribution in [3.63, 3.8) is 0 Å². The molecule has 0 aromatic rings. The van der Waals surface area contributed by atoms with E-state index in [0.717, 1.165) is 17.6 Å². The van der Waals surface area contributed by atoms with E-state index in [4.69, 9.17) is 18.9 Å². The maximum absolute atomic E-state index is 12.7. The maximum atomic E-state index is 12.7. The van der Waals surface area contributed by atoms with Crippen LogP contribution in [0.4, 0.5) is 0 Å². The second kappa shape index (κ2) is 12.1. The summed E-state index contributed by atoms with van der Waals surface area (Å²) < 4.78 is 23.0. The molecule has 4 aliphatic rings. The molecule has 1 saturated heterocycles. The average Bonchev–Trinajstić information content (AvgIpc) is 3.28. The highest BCUT2D eigenvalue weighted by Crippen LogP contribution is 2.72. The Balaban J connectivity index is 1.79. The van der Waals surface area contributed by atoms with Gasteiger partial charge in [-0.3, -0.25) is 14.4 Å². The number of aliphatic hydroxyl groups is 3. The van der Waals surface area contributed by atoms with E-state index in [0.29, 0.717) is 19.3 Å². The third-order valence-corrected chi connectivity index (χ3v) is 12.3. The topological polar surface area (TPSA) is 149 Å². The number of methoxy groups -OCH3 is 1. The highest BCUT2D eigenvalue weighted by atomic mass is 16.7. The lowest BCUT2D eigenvalue weighted by Crippen LogP contribution is -2.66. The van der Waals surface area contributed by atoms with Gasteiger partial charge in [-0.2, -0.15) is 0 Å². The van der Waals surface area contributed by atoms with Crippen molar-refractivity contribution in [2.45, 2.75) is 124 Å².